The molecule has 0 bridgehead atoms. The Balaban J connectivity index is 1.21. The highest BCUT2D eigenvalue weighted by atomic mass is 16.2. The first kappa shape index (κ1) is 20.0. The van der Waals surface area contributed by atoms with Crippen LogP contribution in [0.1, 0.15) is 57.8 Å². The second-order valence-electron chi connectivity index (χ2n) is 9.45. The number of carbonyl (C=O) groups is 1. The summed E-state index contributed by atoms with van der Waals surface area (Å²) in [5.41, 5.74) is 0.567. The number of rotatable bonds is 5. The SMILES string of the molecule is CN=C(NCC1(C2CC2)CCC1)N1CCN(CC(=O)N2CCCCCC2)CC1. The standard InChI is InChI=1S/C22H39N5O/c1-23-21(24-18-22(9-6-10-22)19-7-8-19)27-15-13-25(14-16-27)17-20(28)26-11-4-2-3-5-12-26/h19H,2-18H2,1H3,(H,23,24). The molecule has 4 rings (SSSR count). The Morgan fingerprint density at radius 3 is 2.14 bits per heavy atom. The lowest BCUT2D eigenvalue weighted by molar-refractivity contribution is -0.132. The monoisotopic (exact) mass is 389 g/mol. The summed E-state index contributed by atoms with van der Waals surface area (Å²) < 4.78 is 0. The largest absolute Gasteiger partial charge is 0.356 e. The Hall–Kier alpha value is -1.30. The lowest BCUT2D eigenvalue weighted by atomic mass is 9.65. The van der Waals surface area contributed by atoms with Crippen molar-refractivity contribution in [3.63, 3.8) is 0 Å². The minimum atomic E-state index is 0.328. The van der Waals surface area contributed by atoms with Gasteiger partial charge in [-0.05, 0) is 49.9 Å². The number of guanidine groups is 1. The highest BCUT2D eigenvalue weighted by molar-refractivity contribution is 5.80. The van der Waals surface area contributed by atoms with Crippen LogP contribution in [0, 0.1) is 11.3 Å². The maximum absolute atomic E-state index is 12.6. The van der Waals surface area contributed by atoms with Crippen molar-refractivity contribution in [3.05, 3.63) is 0 Å². The van der Waals surface area contributed by atoms with Gasteiger partial charge in [0, 0.05) is 52.9 Å². The maximum Gasteiger partial charge on any atom is 0.236 e. The summed E-state index contributed by atoms with van der Waals surface area (Å²) in [5.74, 6) is 2.35. The molecule has 0 aromatic heterocycles. The van der Waals surface area contributed by atoms with Gasteiger partial charge in [0.2, 0.25) is 5.91 Å². The van der Waals surface area contributed by atoms with Crippen LogP contribution in [0.2, 0.25) is 0 Å². The molecule has 2 saturated carbocycles. The first-order valence-corrected chi connectivity index (χ1v) is 11.7. The van der Waals surface area contributed by atoms with E-state index >= 15 is 0 Å². The van der Waals surface area contributed by atoms with E-state index in [9.17, 15) is 4.79 Å². The predicted octanol–water partition coefficient (Wildman–Crippen LogP) is 2.16. The van der Waals surface area contributed by atoms with Gasteiger partial charge in [0.15, 0.2) is 5.96 Å². The molecule has 1 N–H and O–H groups in total. The number of aliphatic imine (C=N–C) groups is 1. The quantitative estimate of drug-likeness (QED) is 0.578. The number of likely N-dealkylation sites (tertiary alicyclic amines) is 1. The molecule has 2 saturated heterocycles. The molecule has 4 aliphatic rings. The summed E-state index contributed by atoms with van der Waals surface area (Å²) in [6, 6.07) is 0. The van der Waals surface area contributed by atoms with Crippen LogP contribution in [-0.2, 0) is 4.79 Å². The topological polar surface area (TPSA) is 51.2 Å². The van der Waals surface area contributed by atoms with Gasteiger partial charge in [-0.2, -0.15) is 0 Å². The maximum atomic E-state index is 12.6. The van der Waals surface area contributed by atoms with Crippen LogP contribution in [0.5, 0.6) is 0 Å². The average molecular weight is 390 g/mol. The summed E-state index contributed by atoms with van der Waals surface area (Å²) in [6.45, 7) is 7.42. The zero-order valence-electron chi connectivity index (χ0n) is 17.8. The molecule has 0 unspecified atom stereocenters. The second kappa shape index (κ2) is 9.02. The van der Waals surface area contributed by atoms with Gasteiger partial charge in [0.25, 0.3) is 0 Å². The third-order valence-corrected chi connectivity index (χ3v) is 7.59. The predicted molar refractivity (Wildman–Crippen MR) is 113 cm³/mol. The molecule has 6 nitrogen and oxygen atoms in total. The smallest absolute Gasteiger partial charge is 0.236 e. The molecular weight excluding hydrogens is 350 g/mol. The number of hydrogen-bond acceptors (Lipinski definition) is 3. The van der Waals surface area contributed by atoms with Crippen LogP contribution in [0.25, 0.3) is 0 Å². The molecule has 2 aliphatic heterocycles. The van der Waals surface area contributed by atoms with Crippen molar-refractivity contribution in [1.82, 2.24) is 20.0 Å². The number of nitrogens with zero attached hydrogens (tertiary/aromatic N) is 4. The van der Waals surface area contributed by atoms with E-state index in [-0.39, 0.29) is 0 Å². The minimum Gasteiger partial charge on any atom is -0.356 e. The van der Waals surface area contributed by atoms with Gasteiger partial charge in [0.1, 0.15) is 0 Å². The Labute approximate surface area is 170 Å². The minimum absolute atomic E-state index is 0.328. The summed E-state index contributed by atoms with van der Waals surface area (Å²) in [6.07, 6.45) is 12.0. The number of hydrogen-bond donors (Lipinski definition) is 1. The van der Waals surface area contributed by atoms with Gasteiger partial charge in [-0.3, -0.25) is 14.7 Å². The molecule has 6 heteroatoms. The van der Waals surface area contributed by atoms with E-state index in [2.05, 4.69) is 25.0 Å². The Bertz CT molecular complexity index is 553. The van der Waals surface area contributed by atoms with Gasteiger partial charge in [0.05, 0.1) is 6.54 Å². The summed E-state index contributed by atoms with van der Waals surface area (Å²) in [5, 5.41) is 3.70. The van der Waals surface area contributed by atoms with E-state index in [1.165, 1.54) is 57.8 Å². The zero-order chi connectivity index (χ0) is 19.4. The average Bonchev–Trinajstić information content (AvgIpc) is 3.52. The van der Waals surface area contributed by atoms with E-state index in [0.29, 0.717) is 17.9 Å². The first-order valence-electron chi connectivity index (χ1n) is 11.7. The van der Waals surface area contributed by atoms with Crippen LogP contribution >= 0.6 is 0 Å². The fraction of sp³-hybridized carbons (Fsp3) is 0.909. The number of nitrogens with one attached hydrogen (secondary N) is 1. The summed E-state index contributed by atoms with van der Waals surface area (Å²) in [7, 11) is 1.90. The Kier molecular flexibility index (Phi) is 6.44. The second-order valence-corrected chi connectivity index (χ2v) is 9.45. The Morgan fingerprint density at radius 2 is 1.61 bits per heavy atom. The lowest BCUT2D eigenvalue weighted by Gasteiger charge is -2.44. The van der Waals surface area contributed by atoms with Crippen molar-refractivity contribution in [1.29, 1.82) is 0 Å². The first-order chi connectivity index (χ1) is 13.7. The Morgan fingerprint density at radius 1 is 0.929 bits per heavy atom. The third-order valence-electron chi connectivity index (χ3n) is 7.59. The normalized spacial score (nSPS) is 26.5. The molecule has 28 heavy (non-hydrogen) atoms. The number of amides is 1. The third kappa shape index (κ3) is 4.64. The van der Waals surface area contributed by atoms with Crippen LogP contribution in [0.4, 0.5) is 0 Å². The van der Waals surface area contributed by atoms with Crippen molar-refractivity contribution in [2.75, 3.05) is 59.4 Å². The molecule has 0 radical (unpaired) electrons. The highest BCUT2D eigenvalue weighted by Crippen LogP contribution is 2.56. The molecule has 4 fully saturated rings. The van der Waals surface area contributed by atoms with Crippen molar-refractivity contribution >= 4 is 11.9 Å². The molecule has 0 atom stereocenters. The molecule has 2 heterocycles. The van der Waals surface area contributed by atoms with Gasteiger partial charge in [-0.25, -0.2) is 0 Å². The summed E-state index contributed by atoms with van der Waals surface area (Å²) >= 11 is 0. The molecule has 158 valence electrons. The van der Waals surface area contributed by atoms with Crippen LogP contribution in [0.3, 0.4) is 0 Å². The summed E-state index contributed by atoms with van der Waals surface area (Å²) in [4.78, 5) is 24.0. The number of carbonyl (C=O) groups excluding carboxylic acids is 1. The zero-order valence-corrected chi connectivity index (χ0v) is 17.8. The fourth-order valence-electron chi connectivity index (χ4n) is 5.37. The van der Waals surface area contributed by atoms with Crippen LogP contribution in [0.15, 0.2) is 4.99 Å². The molecule has 0 spiro atoms. The van der Waals surface area contributed by atoms with Crippen molar-refractivity contribution in [2.24, 2.45) is 16.3 Å². The fourth-order valence-corrected chi connectivity index (χ4v) is 5.37. The van der Waals surface area contributed by atoms with E-state index in [0.717, 1.165) is 57.7 Å². The molecular formula is C22H39N5O. The molecule has 0 aromatic rings. The van der Waals surface area contributed by atoms with E-state index in [4.69, 9.17) is 0 Å². The van der Waals surface area contributed by atoms with Crippen molar-refractivity contribution in [3.8, 4) is 0 Å². The van der Waals surface area contributed by atoms with Crippen molar-refractivity contribution < 1.29 is 4.79 Å². The van der Waals surface area contributed by atoms with E-state index in [1.54, 1.807) is 0 Å². The molecule has 1 amide bonds. The highest BCUT2D eigenvalue weighted by Gasteiger charge is 2.48. The van der Waals surface area contributed by atoms with Gasteiger partial charge in [-0.1, -0.05) is 19.3 Å². The molecule has 2 aliphatic carbocycles. The lowest BCUT2D eigenvalue weighted by Crippen LogP contribution is -2.56. The van der Waals surface area contributed by atoms with Gasteiger partial charge < -0.3 is 15.1 Å². The van der Waals surface area contributed by atoms with E-state index < -0.39 is 0 Å². The van der Waals surface area contributed by atoms with Crippen molar-refractivity contribution in [2.45, 2.75) is 57.8 Å². The van der Waals surface area contributed by atoms with Gasteiger partial charge in [-0.15, -0.1) is 0 Å². The number of piperazine rings is 1. The molecule has 0 aromatic carbocycles. The van der Waals surface area contributed by atoms with Crippen LogP contribution < -0.4 is 5.32 Å². The van der Waals surface area contributed by atoms with Gasteiger partial charge >= 0.3 is 0 Å². The van der Waals surface area contributed by atoms with E-state index in [1.807, 2.05) is 7.05 Å². The van der Waals surface area contributed by atoms with Crippen LogP contribution in [-0.4, -0.2) is 86.0 Å².